The fraction of sp³-hybridized carbons (Fsp3) is 0.231. The van der Waals surface area contributed by atoms with E-state index >= 15 is 0 Å². The van der Waals surface area contributed by atoms with Crippen LogP contribution in [0.2, 0.25) is 0 Å². The molecule has 1 aromatic heterocycles. The second-order valence-corrected chi connectivity index (χ2v) is 8.58. The van der Waals surface area contributed by atoms with E-state index in [2.05, 4.69) is 90.1 Å². The number of ether oxygens (including phenoxy) is 1. The zero-order valence-corrected chi connectivity index (χ0v) is 19.2. The minimum absolute atomic E-state index is 0.650. The van der Waals surface area contributed by atoms with Gasteiger partial charge in [-0.25, -0.2) is 0 Å². The van der Waals surface area contributed by atoms with Gasteiger partial charge in [0.25, 0.3) is 0 Å². The van der Waals surface area contributed by atoms with Crippen LogP contribution in [0.5, 0.6) is 5.75 Å². The van der Waals surface area contributed by atoms with Gasteiger partial charge in [-0.3, -0.25) is 4.57 Å². The van der Waals surface area contributed by atoms with Crippen LogP contribution in [-0.2, 0) is 5.75 Å². The van der Waals surface area contributed by atoms with Crippen molar-refractivity contribution in [2.45, 2.75) is 38.6 Å². The van der Waals surface area contributed by atoms with Gasteiger partial charge in [0.1, 0.15) is 5.75 Å². The van der Waals surface area contributed by atoms with Gasteiger partial charge in [0, 0.05) is 17.0 Å². The van der Waals surface area contributed by atoms with Crippen LogP contribution in [0.25, 0.3) is 17.1 Å². The van der Waals surface area contributed by atoms with Crippen LogP contribution in [0.1, 0.15) is 29.2 Å². The molecule has 31 heavy (non-hydrogen) atoms. The smallest absolute Gasteiger partial charge is 0.196 e. The van der Waals surface area contributed by atoms with Crippen LogP contribution in [0.15, 0.2) is 71.9 Å². The van der Waals surface area contributed by atoms with Crippen molar-refractivity contribution in [3.8, 4) is 22.8 Å². The highest BCUT2D eigenvalue weighted by Gasteiger charge is 2.16. The first-order chi connectivity index (χ1) is 15.0. The number of aromatic nitrogens is 3. The SMILES string of the molecule is CCOc1ccc(-n2c(SCc3ccc(C)c(C)c3)nnc2-c2ccc(C)cc2)cc1. The lowest BCUT2D eigenvalue weighted by atomic mass is 10.1. The van der Waals surface area contributed by atoms with Gasteiger partial charge in [0.2, 0.25) is 0 Å². The summed E-state index contributed by atoms with van der Waals surface area (Å²) >= 11 is 1.70. The van der Waals surface area contributed by atoms with Crippen LogP contribution >= 0.6 is 11.8 Å². The number of hydrogen-bond donors (Lipinski definition) is 0. The minimum Gasteiger partial charge on any atom is -0.494 e. The average Bonchev–Trinajstić information content (AvgIpc) is 3.20. The molecule has 0 bridgehead atoms. The van der Waals surface area contributed by atoms with Crippen molar-refractivity contribution in [1.29, 1.82) is 0 Å². The number of nitrogens with zero attached hydrogens (tertiary/aromatic N) is 3. The molecule has 0 spiro atoms. The van der Waals surface area contributed by atoms with Crippen LogP contribution in [0, 0.1) is 20.8 Å². The molecule has 0 saturated heterocycles. The largest absolute Gasteiger partial charge is 0.494 e. The van der Waals surface area contributed by atoms with E-state index in [1.807, 2.05) is 19.1 Å². The second-order valence-electron chi connectivity index (χ2n) is 7.64. The van der Waals surface area contributed by atoms with Crippen LogP contribution in [0.3, 0.4) is 0 Å². The molecular weight excluding hydrogens is 402 g/mol. The monoisotopic (exact) mass is 429 g/mol. The molecule has 0 aliphatic heterocycles. The van der Waals surface area contributed by atoms with E-state index in [4.69, 9.17) is 4.74 Å². The Hall–Kier alpha value is -3.05. The van der Waals surface area contributed by atoms with Crippen LogP contribution in [-0.4, -0.2) is 21.4 Å². The third-order valence-corrected chi connectivity index (χ3v) is 6.29. The van der Waals surface area contributed by atoms with Gasteiger partial charge in [-0.2, -0.15) is 0 Å². The van der Waals surface area contributed by atoms with Crippen molar-refractivity contribution in [3.05, 3.63) is 89.0 Å². The zero-order valence-electron chi connectivity index (χ0n) is 18.4. The summed E-state index contributed by atoms with van der Waals surface area (Å²) in [4.78, 5) is 0. The normalized spacial score (nSPS) is 11.0. The maximum atomic E-state index is 5.62. The standard InChI is InChI=1S/C26H27N3OS/c1-5-30-24-14-12-23(13-15-24)29-25(22-10-6-18(2)7-11-22)27-28-26(29)31-17-21-9-8-19(3)20(4)16-21/h6-16H,5,17H2,1-4H3. The highest BCUT2D eigenvalue weighted by molar-refractivity contribution is 7.98. The molecule has 0 amide bonds. The van der Waals surface area contributed by atoms with Gasteiger partial charge in [0.05, 0.1) is 6.61 Å². The van der Waals surface area contributed by atoms with Gasteiger partial charge in [-0.15, -0.1) is 10.2 Å². The van der Waals surface area contributed by atoms with Gasteiger partial charge in [0.15, 0.2) is 11.0 Å². The molecule has 5 heteroatoms. The van der Waals surface area contributed by atoms with Crippen molar-refractivity contribution in [1.82, 2.24) is 14.8 Å². The molecule has 3 aromatic carbocycles. The molecule has 0 aliphatic carbocycles. The average molecular weight is 430 g/mol. The van der Waals surface area contributed by atoms with Crippen molar-refractivity contribution in [3.63, 3.8) is 0 Å². The Kier molecular flexibility index (Phi) is 6.42. The van der Waals surface area contributed by atoms with Gasteiger partial charge in [-0.1, -0.05) is 59.8 Å². The lowest BCUT2D eigenvalue weighted by Crippen LogP contribution is -2.00. The van der Waals surface area contributed by atoms with E-state index in [0.717, 1.165) is 33.7 Å². The molecule has 1 heterocycles. The fourth-order valence-corrected chi connectivity index (χ4v) is 4.28. The molecule has 0 N–H and O–H groups in total. The van der Waals surface area contributed by atoms with E-state index in [0.29, 0.717) is 6.61 Å². The lowest BCUT2D eigenvalue weighted by Gasteiger charge is -2.12. The molecule has 4 rings (SSSR count). The van der Waals surface area contributed by atoms with Gasteiger partial charge < -0.3 is 4.74 Å². The molecule has 4 aromatic rings. The maximum Gasteiger partial charge on any atom is 0.196 e. The predicted molar refractivity (Wildman–Crippen MR) is 128 cm³/mol. The summed E-state index contributed by atoms with van der Waals surface area (Å²) in [6.07, 6.45) is 0. The summed E-state index contributed by atoms with van der Waals surface area (Å²) < 4.78 is 7.75. The van der Waals surface area contributed by atoms with E-state index in [9.17, 15) is 0 Å². The molecule has 4 nitrogen and oxygen atoms in total. The van der Waals surface area contributed by atoms with Gasteiger partial charge >= 0.3 is 0 Å². The van der Waals surface area contributed by atoms with E-state index in [-0.39, 0.29) is 0 Å². The summed E-state index contributed by atoms with van der Waals surface area (Å²) in [6.45, 7) is 9.03. The Morgan fingerprint density at radius 3 is 2.26 bits per heavy atom. The Morgan fingerprint density at radius 1 is 0.839 bits per heavy atom. The molecule has 158 valence electrons. The zero-order chi connectivity index (χ0) is 21.8. The van der Waals surface area contributed by atoms with E-state index in [1.165, 1.54) is 22.3 Å². The Bertz CT molecular complexity index is 1160. The minimum atomic E-state index is 0.650. The summed E-state index contributed by atoms with van der Waals surface area (Å²) in [5.41, 5.74) is 7.20. The fourth-order valence-electron chi connectivity index (χ4n) is 3.39. The quantitative estimate of drug-likeness (QED) is 0.312. The summed E-state index contributed by atoms with van der Waals surface area (Å²) in [7, 11) is 0. The molecule has 0 aliphatic rings. The number of benzene rings is 3. The van der Waals surface area contributed by atoms with Crippen molar-refractivity contribution in [2.24, 2.45) is 0 Å². The summed E-state index contributed by atoms with van der Waals surface area (Å²) in [5, 5.41) is 9.98. The highest BCUT2D eigenvalue weighted by atomic mass is 32.2. The third-order valence-electron chi connectivity index (χ3n) is 5.29. The van der Waals surface area contributed by atoms with Gasteiger partial charge in [-0.05, 0) is 68.7 Å². The lowest BCUT2D eigenvalue weighted by molar-refractivity contribution is 0.340. The third kappa shape index (κ3) is 4.83. The van der Waals surface area contributed by atoms with E-state index < -0.39 is 0 Å². The van der Waals surface area contributed by atoms with Crippen LogP contribution in [0.4, 0.5) is 0 Å². The van der Waals surface area contributed by atoms with Crippen molar-refractivity contribution < 1.29 is 4.74 Å². The summed E-state index contributed by atoms with van der Waals surface area (Å²) in [5.74, 6) is 2.54. The molecule has 0 atom stereocenters. The Balaban J connectivity index is 1.70. The van der Waals surface area contributed by atoms with E-state index in [1.54, 1.807) is 11.8 Å². The topological polar surface area (TPSA) is 39.9 Å². The van der Waals surface area contributed by atoms with Crippen molar-refractivity contribution >= 4 is 11.8 Å². The van der Waals surface area contributed by atoms with Crippen LogP contribution < -0.4 is 4.74 Å². The first kappa shape index (κ1) is 21.2. The Labute approximate surface area is 188 Å². The molecule has 0 saturated carbocycles. The number of hydrogen-bond acceptors (Lipinski definition) is 4. The predicted octanol–water partition coefficient (Wildman–Crippen LogP) is 6.55. The second kappa shape index (κ2) is 9.40. The number of rotatable bonds is 7. The Morgan fingerprint density at radius 2 is 1.58 bits per heavy atom. The molecular formula is C26H27N3OS. The molecule has 0 radical (unpaired) electrons. The first-order valence-corrected chi connectivity index (χ1v) is 11.5. The number of thioether (sulfide) groups is 1. The first-order valence-electron chi connectivity index (χ1n) is 10.5. The number of aryl methyl sites for hydroxylation is 3. The maximum absolute atomic E-state index is 5.62. The highest BCUT2D eigenvalue weighted by Crippen LogP contribution is 2.31. The molecule has 0 unspecified atom stereocenters. The van der Waals surface area contributed by atoms with Crippen molar-refractivity contribution in [2.75, 3.05) is 6.61 Å². The molecule has 0 fully saturated rings. The summed E-state index contributed by atoms with van der Waals surface area (Å²) in [6, 6.07) is 23.1.